The normalized spacial score (nSPS) is 24.5. The van der Waals surface area contributed by atoms with Crippen molar-refractivity contribution >= 4 is 5.78 Å². The predicted molar refractivity (Wildman–Crippen MR) is 88.8 cm³/mol. The van der Waals surface area contributed by atoms with Crippen LogP contribution >= 0.6 is 0 Å². The summed E-state index contributed by atoms with van der Waals surface area (Å²) >= 11 is 0. The Hall–Kier alpha value is -2.34. The Morgan fingerprint density at radius 3 is 2.54 bits per heavy atom. The molecule has 0 amide bonds. The minimum absolute atomic E-state index is 0.0921. The van der Waals surface area contributed by atoms with Crippen molar-refractivity contribution in [3.05, 3.63) is 53.6 Å². The van der Waals surface area contributed by atoms with E-state index >= 15 is 0 Å². The number of Topliss-reactive ketones (excluding diaryl/α,β-unsaturated/α-hetero) is 1. The molecule has 0 aromatic heterocycles. The van der Waals surface area contributed by atoms with Gasteiger partial charge in [0, 0.05) is 29.9 Å². The standard InChI is InChI=1S/C20H17F3O3/c21-20(22,23)19(25)17-4-2-1-3-15(17)16-8-7-14(10-18(16)19)26-11-12-5-6-13(24)9-12/h1-4,7-8,10,12,25H,5-6,9,11H2/t12-,19?/m1/s1. The van der Waals surface area contributed by atoms with E-state index in [1.807, 2.05) is 0 Å². The molecule has 136 valence electrons. The lowest BCUT2D eigenvalue weighted by molar-refractivity contribution is -0.246. The van der Waals surface area contributed by atoms with E-state index in [4.69, 9.17) is 4.74 Å². The first kappa shape index (κ1) is 17.1. The molecule has 2 aliphatic carbocycles. The molecule has 0 aliphatic heterocycles. The van der Waals surface area contributed by atoms with Crippen molar-refractivity contribution in [1.82, 2.24) is 0 Å². The molecule has 2 aromatic rings. The molecule has 1 N–H and O–H groups in total. The minimum atomic E-state index is -4.86. The van der Waals surface area contributed by atoms with Gasteiger partial charge in [0.2, 0.25) is 5.60 Å². The van der Waals surface area contributed by atoms with Gasteiger partial charge in [0.05, 0.1) is 6.61 Å². The molecule has 1 fully saturated rings. The van der Waals surface area contributed by atoms with Gasteiger partial charge in [-0.15, -0.1) is 0 Å². The van der Waals surface area contributed by atoms with Crippen molar-refractivity contribution in [2.45, 2.75) is 31.0 Å². The summed E-state index contributed by atoms with van der Waals surface area (Å²) in [7, 11) is 0. The zero-order chi connectivity index (χ0) is 18.5. The SMILES string of the molecule is O=C1CC[C@@H](COc2ccc3c(c2)C(O)(C(F)(F)F)c2ccccc2-3)C1. The number of fused-ring (bicyclic) bond motifs is 3. The first-order chi connectivity index (χ1) is 12.3. The number of benzene rings is 2. The van der Waals surface area contributed by atoms with E-state index < -0.39 is 11.8 Å². The van der Waals surface area contributed by atoms with E-state index in [-0.39, 0.29) is 35.2 Å². The monoisotopic (exact) mass is 362 g/mol. The van der Waals surface area contributed by atoms with Crippen LogP contribution in [0.15, 0.2) is 42.5 Å². The highest BCUT2D eigenvalue weighted by atomic mass is 19.4. The number of carbonyl (C=O) groups excluding carboxylic acids is 1. The first-order valence-electron chi connectivity index (χ1n) is 8.48. The fourth-order valence-corrected chi connectivity index (χ4v) is 3.88. The molecule has 26 heavy (non-hydrogen) atoms. The highest BCUT2D eigenvalue weighted by molar-refractivity contribution is 5.81. The average molecular weight is 362 g/mol. The molecule has 0 saturated heterocycles. The highest BCUT2D eigenvalue weighted by Gasteiger charge is 2.60. The van der Waals surface area contributed by atoms with Crippen molar-refractivity contribution in [2.24, 2.45) is 5.92 Å². The summed E-state index contributed by atoms with van der Waals surface area (Å²) in [5.41, 5.74) is -2.71. The Labute approximate surface area is 148 Å². The summed E-state index contributed by atoms with van der Waals surface area (Å²) < 4.78 is 47.0. The van der Waals surface area contributed by atoms with Crippen molar-refractivity contribution in [3.8, 4) is 16.9 Å². The number of aliphatic hydroxyl groups is 1. The average Bonchev–Trinajstić information content (AvgIpc) is 3.13. The fourth-order valence-electron chi connectivity index (χ4n) is 3.88. The van der Waals surface area contributed by atoms with Crippen LogP contribution in [-0.4, -0.2) is 23.7 Å². The van der Waals surface area contributed by atoms with Crippen LogP contribution in [-0.2, 0) is 10.4 Å². The second-order valence-electron chi connectivity index (χ2n) is 6.92. The maximum absolute atomic E-state index is 13.8. The number of ether oxygens (including phenoxy) is 1. The van der Waals surface area contributed by atoms with E-state index in [0.717, 1.165) is 6.42 Å². The molecule has 0 bridgehead atoms. The highest BCUT2D eigenvalue weighted by Crippen LogP contribution is 2.55. The Morgan fingerprint density at radius 2 is 1.85 bits per heavy atom. The van der Waals surface area contributed by atoms with Gasteiger partial charge in [0.25, 0.3) is 0 Å². The van der Waals surface area contributed by atoms with Crippen LogP contribution in [0, 0.1) is 5.92 Å². The van der Waals surface area contributed by atoms with Crippen LogP contribution < -0.4 is 4.74 Å². The number of hydrogen-bond acceptors (Lipinski definition) is 3. The zero-order valence-electron chi connectivity index (χ0n) is 13.8. The van der Waals surface area contributed by atoms with Crippen molar-refractivity contribution in [3.63, 3.8) is 0 Å². The number of halogens is 3. The molecule has 3 nitrogen and oxygen atoms in total. The van der Waals surface area contributed by atoms with E-state index in [2.05, 4.69) is 0 Å². The summed E-state index contributed by atoms with van der Waals surface area (Å²) in [6, 6.07) is 10.4. The molecule has 0 radical (unpaired) electrons. The van der Waals surface area contributed by atoms with Gasteiger partial charge in [-0.2, -0.15) is 13.2 Å². The topological polar surface area (TPSA) is 46.5 Å². The predicted octanol–water partition coefficient (Wildman–Crippen LogP) is 4.21. The molecule has 0 spiro atoms. The molecule has 0 heterocycles. The van der Waals surface area contributed by atoms with Crippen LogP contribution in [0.1, 0.15) is 30.4 Å². The van der Waals surface area contributed by atoms with Crippen LogP contribution in [0.25, 0.3) is 11.1 Å². The smallest absolute Gasteiger partial charge is 0.425 e. The maximum atomic E-state index is 13.8. The number of rotatable bonds is 3. The molecule has 2 atom stereocenters. The largest absolute Gasteiger partial charge is 0.493 e. The first-order valence-corrected chi connectivity index (χ1v) is 8.48. The Morgan fingerprint density at radius 1 is 1.12 bits per heavy atom. The van der Waals surface area contributed by atoms with E-state index in [1.165, 1.54) is 18.2 Å². The third-order valence-electron chi connectivity index (χ3n) is 5.23. The van der Waals surface area contributed by atoms with Gasteiger partial charge in [-0.1, -0.05) is 30.3 Å². The fraction of sp³-hybridized carbons (Fsp3) is 0.350. The molecule has 2 aromatic carbocycles. The molecule has 4 rings (SSSR count). The lowest BCUT2D eigenvalue weighted by atomic mass is 9.90. The van der Waals surface area contributed by atoms with Gasteiger partial charge in [0.1, 0.15) is 11.5 Å². The Kier molecular flexibility index (Phi) is 3.84. The number of alkyl halides is 3. The quantitative estimate of drug-likeness (QED) is 0.890. The van der Waals surface area contributed by atoms with Gasteiger partial charge < -0.3 is 9.84 Å². The van der Waals surface area contributed by atoms with Crippen LogP contribution in [0.3, 0.4) is 0 Å². The van der Waals surface area contributed by atoms with Gasteiger partial charge in [-0.3, -0.25) is 4.79 Å². The lowest BCUT2D eigenvalue weighted by Crippen LogP contribution is -2.41. The third-order valence-corrected chi connectivity index (χ3v) is 5.23. The lowest BCUT2D eigenvalue weighted by Gasteiger charge is -2.28. The molecular formula is C20H17F3O3. The zero-order valence-corrected chi connectivity index (χ0v) is 13.8. The Bertz CT molecular complexity index is 875. The van der Waals surface area contributed by atoms with Crippen LogP contribution in [0.2, 0.25) is 0 Å². The van der Waals surface area contributed by atoms with Gasteiger partial charge in [0.15, 0.2) is 0 Å². The summed E-state index contributed by atoms with van der Waals surface area (Å²) in [5, 5.41) is 10.6. The van der Waals surface area contributed by atoms with E-state index in [9.17, 15) is 23.1 Å². The molecule has 2 aliphatic rings. The van der Waals surface area contributed by atoms with Gasteiger partial charge in [-0.05, 0) is 29.7 Å². The molecule has 6 heteroatoms. The van der Waals surface area contributed by atoms with Crippen LogP contribution in [0.4, 0.5) is 13.2 Å². The van der Waals surface area contributed by atoms with Gasteiger partial charge in [-0.25, -0.2) is 0 Å². The van der Waals surface area contributed by atoms with Gasteiger partial charge >= 0.3 is 6.18 Å². The summed E-state index contributed by atoms with van der Waals surface area (Å²) in [6.45, 7) is 0.280. The summed E-state index contributed by atoms with van der Waals surface area (Å²) in [5.74, 6) is 0.544. The maximum Gasteiger partial charge on any atom is 0.425 e. The molecule has 1 saturated carbocycles. The second-order valence-corrected chi connectivity index (χ2v) is 6.92. The van der Waals surface area contributed by atoms with Crippen molar-refractivity contribution < 1.29 is 27.8 Å². The van der Waals surface area contributed by atoms with Crippen LogP contribution in [0.5, 0.6) is 5.75 Å². The summed E-state index contributed by atoms with van der Waals surface area (Å²) in [4.78, 5) is 11.3. The van der Waals surface area contributed by atoms with Crippen molar-refractivity contribution in [2.75, 3.05) is 6.61 Å². The third kappa shape index (κ3) is 2.51. The number of hydrogen-bond donors (Lipinski definition) is 1. The van der Waals surface area contributed by atoms with E-state index in [0.29, 0.717) is 24.0 Å². The van der Waals surface area contributed by atoms with E-state index in [1.54, 1.807) is 24.3 Å². The second kappa shape index (κ2) is 5.84. The number of carbonyl (C=O) groups is 1. The minimum Gasteiger partial charge on any atom is -0.493 e. The Balaban J connectivity index is 1.69. The number of ketones is 1. The van der Waals surface area contributed by atoms with Crippen molar-refractivity contribution in [1.29, 1.82) is 0 Å². The molecular weight excluding hydrogens is 345 g/mol. The molecule has 1 unspecified atom stereocenters. The summed E-state index contributed by atoms with van der Waals surface area (Å²) in [6.07, 6.45) is -3.14.